The number of carbonyl (C=O) groups is 2. The van der Waals surface area contributed by atoms with E-state index >= 15 is 0 Å². The van der Waals surface area contributed by atoms with Gasteiger partial charge in [-0.1, -0.05) is 42.8 Å². The van der Waals surface area contributed by atoms with Crippen LogP contribution in [0.15, 0.2) is 48.2 Å². The minimum absolute atomic E-state index is 0.258. The molecule has 3 rings (SSSR count). The van der Waals surface area contributed by atoms with Gasteiger partial charge in [0.15, 0.2) is 11.5 Å². The van der Waals surface area contributed by atoms with Gasteiger partial charge in [0.25, 0.3) is 5.91 Å². The molecule has 6 nitrogen and oxygen atoms in total. The van der Waals surface area contributed by atoms with Crippen molar-refractivity contribution in [2.45, 2.75) is 26.9 Å². The highest BCUT2D eigenvalue weighted by molar-refractivity contribution is 6.13. The van der Waals surface area contributed by atoms with Crippen LogP contribution in [0.2, 0.25) is 0 Å². The van der Waals surface area contributed by atoms with E-state index in [4.69, 9.17) is 9.47 Å². The first kappa shape index (κ1) is 19.5. The highest BCUT2D eigenvalue weighted by Gasteiger charge is 2.32. The summed E-state index contributed by atoms with van der Waals surface area (Å²) in [4.78, 5) is 25.4. The van der Waals surface area contributed by atoms with Crippen molar-refractivity contribution in [1.29, 1.82) is 0 Å². The Balaban J connectivity index is 1.75. The Bertz CT molecular complexity index is 903. The van der Waals surface area contributed by atoms with Gasteiger partial charge in [0, 0.05) is 6.54 Å². The lowest BCUT2D eigenvalue weighted by Crippen LogP contribution is -2.31. The summed E-state index contributed by atoms with van der Waals surface area (Å²) in [6.45, 7) is 4.79. The lowest BCUT2D eigenvalue weighted by molar-refractivity contribution is -0.122. The second kappa shape index (κ2) is 8.61. The normalized spacial score (nSPS) is 15.1. The number of nitrogens with zero attached hydrogens (tertiary/aromatic N) is 1. The molecule has 0 unspecified atom stereocenters. The predicted octanol–water partition coefficient (Wildman–Crippen LogP) is 3.89. The second-order valence-corrected chi connectivity index (χ2v) is 6.63. The molecule has 3 amide bonds. The molecule has 0 bridgehead atoms. The third-order valence-electron chi connectivity index (χ3n) is 4.42. The van der Waals surface area contributed by atoms with Gasteiger partial charge in [-0.2, -0.15) is 0 Å². The zero-order valence-electron chi connectivity index (χ0n) is 16.3. The zero-order chi connectivity index (χ0) is 20.1. The highest BCUT2D eigenvalue weighted by atomic mass is 16.5. The minimum atomic E-state index is -0.386. The largest absolute Gasteiger partial charge is 0.493 e. The van der Waals surface area contributed by atoms with Crippen molar-refractivity contribution in [3.63, 3.8) is 0 Å². The molecule has 146 valence electrons. The smallest absolute Gasteiger partial charge is 0.329 e. The van der Waals surface area contributed by atoms with Crippen LogP contribution in [0.1, 0.15) is 30.0 Å². The quantitative estimate of drug-likeness (QED) is 0.585. The summed E-state index contributed by atoms with van der Waals surface area (Å²) < 4.78 is 11.3. The van der Waals surface area contributed by atoms with Crippen molar-refractivity contribution in [2.24, 2.45) is 0 Å². The van der Waals surface area contributed by atoms with E-state index in [0.717, 1.165) is 11.1 Å². The molecule has 0 aromatic heterocycles. The number of urea groups is 1. The fourth-order valence-electron chi connectivity index (χ4n) is 2.90. The third kappa shape index (κ3) is 4.34. The molecule has 1 saturated heterocycles. The SMILES string of the molecule is CCCN1C(=O)N/C(=C/c2ccc(OCc3ccc(C)cc3)c(OC)c2)C1=O. The molecule has 2 aromatic carbocycles. The number of amides is 3. The number of hydrogen-bond acceptors (Lipinski definition) is 4. The van der Waals surface area contributed by atoms with Crippen LogP contribution in [0.5, 0.6) is 11.5 Å². The summed E-state index contributed by atoms with van der Waals surface area (Å²) in [5, 5.41) is 2.62. The Morgan fingerprint density at radius 2 is 1.82 bits per heavy atom. The topological polar surface area (TPSA) is 67.9 Å². The molecule has 0 saturated carbocycles. The van der Waals surface area contributed by atoms with Gasteiger partial charge >= 0.3 is 6.03 Å². The molecular weight excluding hydrogens is 356 g/mol. The number of hydrogen-bond donors (Lipinski definition) is 1. The Morgan fingerprint density at radius 3 is 2.50 bits per heavy atom. The summed E-state index contributed by atoms with van der Waals surface area (Å²) in [7, 11) is 1.57. The van der Waals surface area contributed by atoms with Crippen molar-refractivity contribution in [1.82, 2.24) is 10.2 Å². The number of imide groups is 1. The van der Waals surface area contributed by atoms with Crippen molar-refractivity contribution < 1.29 is 19.1 Å². The van der Waals surface area contributed by atoms with E-state index in [1.165, 1.54) is 10.5 Å². The highest BCUT2D eigenvalue weighted by Crippen LogP contribution is 2.30. The second-order valence-electron chi connectivity index (χ2n) is 6.63. The van der Waals surface area contributed by atoms with Gasteiger partial charge < -0.3 is 14.8 Å². The first-order valence-corrected chi connectivity index (χ1v) is 9.22. The summed E-state index contributed by atoms with van der Waals surface area (Å²) in [6.07, 6.45) is 2.36. The monoisotopic (exact) mass is 380 g/mol. The fourth-order valence-corrected chi connectivity index (χ4v) is 2.90. The summed E-state index contributed by atoms with van der Waals surface area (Å²) in [5.41, 5.74) is 3.26. The molecule has 1 aliphatic heterocycles. The van der Waals surface area contributed by atoms with Gasteiger partial charge in [0.05, 0.1) is 7.11 Å². The Kier molecular flexibility index (Phi) is 5.99. The van der Waals surface area contributed by atoms with E-state index in [9.17, 15) is 9.59 Å². The molecule has 0 aliphatic carbocycles. The van der Waals surface area contributed by atoms with Crippen LogP contribution in [-0.2, 0) is 11.4 Å². The molecule has 0 spiro atoms. The maximum absolute atomic E-state index is 12.3. The van der Waals surface area contributed by atoms with E-state index in [-0.39, 0.29) is 17.6 Å². The van der Waals surface area contributed by atoms with Crippen molar-refractivity contribution in [2.75, 3.05) is 13.7 Å². The molecular formula is C22H24N2O4. The Labute approximate surface area is 164 Å². The van der Waals surface area contributed by atoms with E-state index in [2.05, 4.69) is 5.32 Å². The van der Waals surface area contributed by atoms with Gasteiger partial charge in [-0.25, -0.2) is 4.79 Å². The predicted molar refractivity (Wildman–Crippen MR) is 107 cm³/mol. The lowest BCUT2D eigenvalue weighted by atomic mass is 10.1. The molecule has 6 heteroatoms. The average Bonchev–Trinajstić information content (AvgIpc) is 2.96. The van der Waals surface area contributed by atoms with Crippen LogP contribution in [0, 0.1) is 6.92 Å². The molecule has 1 N–H and O–H groups in total. The average molecular weight is 380 g/mol. The number of ether oxygens (including phenoxy) is 2. The third-order valence-corrected chi connectivity index (χ3v) is 4.42. The molecule has 2 aromatic rings. The van der Waals surface area contributed by atoms with E-state index < -0.39 is 0 Å². The van der Waals surface area contributed by atoms with Crippen LogP contribution in [0.25, 0.3) is 6.08 Å². The summed E-state index contributed by atoms with van der Waals surface area (Å²) >= 11 is 0. The Morgan fingerprint density at radius 1 is 1.07 bits per heavy atom. The van der Waals surface area contributed by atoms with E-state index in [0.29, 0.717) is 31.1 Å². The maximum Gasteiger partial charge on any atom is 0.329 e. The van der Waals surface area contributed by atoms with Gasteiger partial charge in [-0.3, -0.25) is 9.69 Å². The molecule has 28 heavy (non-hydrogen) atoms. The van der Waals surface area contributed by atoms with Crippen LogP contribution >= 0.6 is 0 Å². The van der Waals surface area contributed by atoms with Gasteiger partial charge in [-0.15, -0.1) is 0 Å². The number of rotatable bonds is 7. The van der Waals surface area contributed by atoms with Crippen LogP contribution in [-0.4, -0.2) is 30.5 Å². The van der Waals surface area contributed by atoms with Crippen LogP contribution in [0.4, 0.5) is 4.79 Å². The summed E-state index contributed by atoms with van der Waals surface area (Å²) in [6, 6.07) is 13.1. The Hall–Kier alpha value is -3.28. The molecule has 0 radical (unpaired) electrons. The lowest BCUT2D eigenvalue weighted by Gasteiger charge is -2.12. The van der Waals surface area contributed by atoms with Crippen LogP contribution in [0.3, 0.4) is 0 Å². The number of benzene rings is 2. The van der Waals surface area contributed by atoms with Gasteiger partial charge in [0.2, 0.25) is 0 Å². The first-order valence-electron chi connectivity index (χ1n) is 9.22. The van der Waals surface area contributed by atoms with E-state index in [1.54, 1.807) is 25.3 Å². The fraction of sp³-hybridized carbons (Fsp3) is 0.273. The van der Waals surface area contributed by atoms with E-state index in [1.807, 2.05) is 44.2 Å². The van der Waals surface area contributed by atoms with Crippen molar-refractivity contribution >= 4 is 18.0 Å². The molecule has 0 atom stereocenters. The zero-order valence-corrected chi connectivity index (χ0v) is 16.3. The number of methoxy groups -OCH3 is 1. The number of aryl methyl sites for hydroxylation is 1. The number of nitrogens with one attached hydrogen (secondary N) is 1. The number of carbonyl (C=O) groups excluding carboxylic acids is 2. The standard InChI is InChI=1S/C22H24N2O4/c1-4-11-24-21(25)18(23-22(24)26)12-17-9-10-19(20(13-17)27-3)28-14-16-7-5-15(2)6-8-16/h5-10,12-13H,4,11,14H2,1-3H3,(H,23,26)/b18-12+. The minimum Gasteiger partial charge on any atom is -0.493 e. The van der Waals surface area contributed by atoms with Gasteiger partial charge in [-0.05, 0) is 42.7 Å². The molecule has 1 fully saturated rings. The molecule has 1 aliphatic rings. The van der Waals surface area contributed by atoms with Crippen molar-refractivity contribution in [3.05, 3.63) is 64.9 Å². The first-order chi connectivity index (χ1) is 13.5. The summed E-state index contributed by atoms with van der Waals surface area (Å²) in [5.74, 6) is 0.855. The molecule has 1 heterocycles. The van der Waals surface area contributed by atoms with Crippen LogP contribution < -0.4 is 14.8 Å². The van der Waals surface area contributed by atoms with Crippen molar-refractivity contribution in [3.8, 4) is 11.5 Å². The maximum atomic E-state index is 12.3. The van der Waals surface area contributed by atoms with Gasteiger partial charge in [0.1, 0.15) is 12.3 Å².